The Morgan fingerprint density at radius 1 is 1.23 bits per heavy atom. The maximum absolute atomic E-state index is 10.3. The van der Waals surface area contributed by atoms with Gasteiger partial charge < -0.3 is 14.7 Å². The third-order valence-corrected chi connectivity index (χ3v) is 6.58. The molecule has 1 atom stereocenters. The van der Waals surface area contributed by atoms with Gasteiger partial charge in [0, 0.05) is 24.5 Å². The summed E-state index contributed by atoms with van der Waals surface area (Å²) >= 11 is 0. The second-order valence-corrected chi connectivity index (χ2v) is 9.07. The molecule has 0 bridgehead atoms. The van der Waals surface area contributed by atoms with Crippen molar-refractivity contribution in [3.63, 3.8) is 0 Å². The predicted octanol–water partition coefficient (Wildman–Crippen LogP) is 2.74. The lowest BCUT2D eigenvalue weighted by Gasteiger charge is -2.39. The minimum absolute atomic E-state index is 0.294. The monoisotopic (exact) mass is 418 g/mol. The Balaban J connectivity index is 1.49. The largest absolute Gasteiger partial charge is 0.388 e. The van der Waals surface area contributed by atoms with Crippen molar-refractivity contribution < 1.29 is 9.84 Å². The van der Waals surface area contributed by atoms with Gasteiger partial charge in [-0.2, -0.15) is 10.4 Å². The van der Waals surface area contributed by atoms with Crippen LogP contribution in [0.4, 0.5) is 5.82 Å². The lowest BCUT2D eigenvalue weighted by Crippen LogP contribution is -2.52. The van der Waals surface area contributed by atoms with E-state index in [0.717, 1.165) is 41.5 Å². The smallest absolute Gasteiger partial charge is 0.159 e. The molecule has 1 saturated carbocycles. The van der Waals surface area contributed by atoms with E-state index >= 15 is 0 Å². The summed E-state index contributed by atoms with van der Waals surface area (Å²) in [6.07, 6.45) is 5.96. The summed E-state index contributed by atoms with van der Waals surface area (Å²) in [6, 6.07) is 10.6. The van der Waals surface area contributed by atoms with Crippen LogP contribution in [0.5, 0.6) is 0 Å². The van der Waals surface area contributed by atoms with Crippen molar-refractivity contribution in [3.05, 3.63) is 42.4 Å². The summed E-state index contributed by atoms with van der Waals surface area (Å²) in [7, 11) is 0. The number of hydrogen-bond acceptors (Lipinski definition) is 7. The molecule has 1 N–H and O–H groups in total. The summed E-state index contributed by atoms with van der Waals surface area (Å²) in [5, 5.41) is 25.6. The normalized spacial score (nSPS) is 21.0. The van der Waals surface area contributed by atoms with Crippen LogP contribution in [0.1, 0.15) is 38.7 Å². The number of aliphatic hydroxyl groups is 1. The second kappa shape index (κ2) is 7.29. The van der Waals surface area contributed by atoms with Crippen LogP contribution in [0.15, 0.2) is 36.8 Å². The topological polar surface area (TPSA) is 100 Å². The summed E-state index contributed by atoms with van der Waals surface area (Å²) < 4.78 is 7.55. The molecular weight excluding hydrogens is 392 g/mol. The third-order valence-electron chi connectivity index (χ3n) is 6.58. The first-order chi connectivity index (χ1) is 14.9. The van der Waals surface area contributed by atoms with Gasteiger partial charge in [-0.15, -0.1) is 0 Å². The number of rotatable bonds is 4. The number of anilines is 1. The summed E-state index contributed by atoms with van der Waals surface area (Å²) in [6.45, 7) is 5.29. The van der Waals surface area contributed by atoms with Crippen molar-refractivity contribution >= 4 is 16.7 Å². The van der Waals surface area contributed by atoms with Crippen LogP contribution in [-0.4, -0.2) is 56.3 Å². The standard InChI is InChI=1S/C23H26N6O2/c1-22(2,30)19-13-28(8-9-31-19)20-11-21(26-15-25-20)29-18-10-17(5-4-16(18)12-27-29)23(14-24)6-3-7-23/h4-5,10-12,15,19,30H,3,6-9,13H2,1-2H3/t19-/m0/s1. The molecule has 0 spiro atoms. The van der Waals surface area contributed by atoms with Crippen LogP contribution < -0.4 is 4.90 Å². The van der Waals surface area contributed by atoms with Gasteiger partial charge in [-0.25, -0.2) is 14.6 Å². The third kappa shape index (κ3) is 3.44. The zero-order chi connectivity index (χ0) is 21.6. The van der Waals surface area contributed by atoms with Crippen LogP contribution in [-0.2, 0) is 10.2 Å². The molecule has 3 heterocycles. The number of fused-ring (bicyclic) bond motifs is 1. The first-order valence-electron chi connectivity index (χ1n) is 10.7. The number of ether oxygens (including phenoxy) is 1. The molecule has 2 aromatic heterocycles. The fourth-order valence-electron chi connectivity index (χ4n) is 4.40. The van der Waals surface area contributed by atoms with Crippen LogP contribution in [0.25, 0.3) is 16.7 Å². The van der Waals surface area contributed by atoms with Gasteiger partial charge in [0.05, 0.1) is 35.4 Å². The molecular formula is C23H26N6O2. The number of benzene rings is 1. The van der Waals surface area contributed by atoms with Gasteiger partial charge in [0.15, 0.2) is 5.82 Å². The molecule has 1 aliphatic carbocycles. The lowest BCUT2D eigenvalue weighted by atomic mass is 9.65. The highest BCUT2D eigenvalue weighted by Crippen LogP contribution is 2.43. The van der Waals surface area contributed by atoms with Crippen molar-refractivity contribution in [1.29, 1.82) is 5.26 Å². The molecule has 2 fully saturated rings. The van der Waals surface area contributed by atoms with Crippen molar-refractivity contribution in [3.8, 4) is 11.9 Å². The molecule has 1 aromatic carbocycles. The number of nitriles is 1. The maximum atomic E-state index is 10.3. The van der Waals surface area contributed by atoms with Crippen LogP contribution >= 0.6 is 0 Å². The molecule has 0 amide bonds. The van der Waals surface area contributed by atoms with E-state index < -0.39 is 5.60 Å². The number of hydrogen-bond donors (Lipinski definition) is 1. The predicted molar refractivity (Wildman–Crippen MR) is 116 cm³/mol. The van der Waals surface area contributed by atoms with E-state index in [1.165, 1.54) is 0 Å². The van der Waals surface area contributed by atoms with Gasteiger partial charge in [0.25, 0.3) is 0 Å². The SMILES string of the molecule is CC(C)(O)[C@@H]1CN(c2cc(-n3ncc4ccc(C5(C#N)CCC5)cc43)ncn2)CCO1. The van der Waals surface area contributed by atoms with E-state index in [1.54, 1.807) is 20.2 Å². The fourth-order valence-corrected chi connectivity index (χ4v) is 4.40. The number of morpholine rings is 1. The molecule has 2 aliphatic rings. The van der Waals surface area contributed by atoms with Crippen molar-refractivity contribution in [2.24, 2.45) is 0 Å². The first-order valence-corrected chi connectivity index (χ1v) is 10.7. The van der Waals surface area contributed by atoms with Crippen LogP contribution in [0.3, 0.4) is 0 Å². The Kier molecular flexibility index (Phi) is 4.68. The van der Waals surface area contributed by atoms with Crippen LogP contribution in [0.2, 0.25) is 0 Å². The molecule has 1 saturated heterocycles. The van der Waals surface area contributed by atoms with Gasteiger partial charge in [-0.1, -0.05) is 12.1 Å². The minimum atomic E-state index is -0.929. The van der Waals surface area contributed by atoms with Gasteiger partial charge in [-0.3, -0.25) is 0 Å². The Hall–Kier alpha value is -3.02. The quantitative estimate of drug-likeness (QED) is 0.695. The van der Waals surface area contributed by atoms with Crippen molar-refractivity contribution in [2.45, 2.75) is 50.2 Å². The second-order valence-electron chi connectivity index (χ2n) is 9.07. The van der Waals surface area contributed by atoms with Gasteiger partial charge in [0.2, 0.25) is 0 Å². The summed E-state index contributed by atoms with van der Waals surface area (Å²) in [5.74, 6) is 1.44. The Morgan fingerprint density at radius 2 is 2.03 bits per heavy atom. The lowest BCUT2D eigenvalue weighted by molar-refractivity contribution is -0.0929. The average Bonchev–Trinajstić information content (AvgIpc) is 3.16. The van der Waals surface area contributed by atoms with E-state index in [0.29, 0.717) is 25.5 Å². The molecule has 0 unspecified atom stereocenters. The fraction of sp³-hybridized carbons (Fsp3) is 0.478. The highest BCUT2D eigenvalue weighted by Gasteiger charge is 2.39. The molecule has 3 aromatic rings. The molecule has 5 rings (SSSR count). The molecule has 8 nitrogen and oxygen atoms in total. The Morgan fingerprint density at radius 3 is 2.74 bits per heavy atom. The van der Waals surface area contributed by atoms with Gasteiger partial charge in [0.1, 0.15) is 18.2 Å². The summed E-state index contributed by atoms with van der Waals surface area (Å²) in [4.78, 5) is 11.0. The van der Waals surface area contributed by atoms with E-state index in [-0.39, 0.29) is 11.5 Å². The van der Waals surface area contributed by atoms with E-state index in [1.807, 2.05) is 29.1 Å². The highest BCUT2D eigenvalue weighted by atomic mass is 16.5. The molecule has 1 aliphatic heterocycles. The maximum Gasteiger partial charge on any atom is 0.159 e. The van der Waals surface area contributed by atoms with Gasteiger partial charge >= 0.3 is 0 Å². The van der Waals surface area contributed by atoms with E-state index in [2.05, 4.69) is 32.1 Å². The zero-order valence-electron chi connectivity index (χ0n) is 17.8. The highest BCUT2D eigenvalue weighted by molar-refractivity contribution is 5.81. The van der Waals surface area contributed by atoms with Gasteiger partial charge in [-0.05, 0) is 44.7 Å². The average molecular weight is 419 g/mol. The van der Waals surface area contributed by atoms with E-state index in [9.17, 15) is 10.4 Å². The summed E-state index contributed by atoms with van der Waals surface area (Å²) in [5.41, 5.74) is 0.674. The molecule has 31 heavy (non-hydrogen) atoms. The first kappa shape index (κ1) is 19.9. The molecule has 160 valence electrons. The Labute approximate surface area is 181 Å². The van der Waals surface area contributed by atoms with Crippen LogP contribution in [0, 0.1) is 11.3 Å². The number of nitrogens with zero attached hydrogens (tertiary/aromatic N) is 6. The van der Waals surface area contributed by atoms with Crippen molar-refractivity contribution in [1.82, 2.24) is 19.7 Å². The zero-order valence-corrected chi connectivity index (χ0v) is 17.8. The van der Waals surface area contributed by atoms with E-state index in [4.69, 9.17) is 4.74 Å². The molecule has 8 heteroatoms. The number of aromatic nitrogens is 4. The Bertz CT molecular complexity index is 1150. The van der Waals surface area contributed by atoms with Crippen molar-refractivity contribution in [2.75, 3.05) is 24.6 Å². The molecule has 0 radical (unpaired) electrons. The minimum Gasteiger partial charge on any atom is -0.388 e.